The van der Waals surface area contributed by atoms with Gasteiger partial charge < -0.3 is 18.8 Å². The van der Waals surface area contributed by atoms with Gasteiger partial charge >= 0.3 is 0 Å². The van der Waals surface area contributed by atoms with Crippen LogP contribution in [0.15, 0.2) is 21.5 Å². The fraction of sp³-hybridized carbons (Fsp3) is 0.714. The normalized spacial score (nSPS) is 25.4. The first-order valence-electron chi connectivity index (χ1n) is 10.3. The number of ether oxygens (including phenoxy) is 2. The molecular formula is C21H30N2O5. The maximum absolute atomic E-state index is 12.4. The van der Waals surface area contributed by atoms with E-state index in [0.717, 1.165) is 64.9 Å². The van der Waals surface area contributed by atoms with Crippen molar-refractivity contribution in [3.63, 3.8) is 0 Å². The number of rotatable bonds is 5. The second-order valence-electron chi connectivity index (χ2n) is 8.46. The molecule has 7 nitrogen and oxygen atoms in total. The Hall–Kier alpha value is -1.86. The first kappa shape index (κ1) is 19.5. The van der Waals surface area contributed by atoms with Crippen molar-refractivity contribution >= 4 is 5.91 Å². The summed E-state index contributed by atoms with van der Waals surface area (Å²) in [5.74, 6) is 1.18. The lowest BCUT2D eigenvalue weighted by atomic mass is 9.72. The third-order valence-corrected chi connectivity index (χ3v) is 6.56. The van der Waals surface area contributed by atoms with Crippen LogP contribution in [-0.4, -0.2) is 61.7 Å². The summed E-state index contributed by atoms with van der Waals surface area (Å²) in [6.45, 7) is 4.98. The first-order valence-corrected chi connectivity index (χ1v) is 10.3. The molecule has 4 heterocycles. The number of piperidine rings is 2. The minimum atomic E-state index is -0.146. The van der Waals surface area contributed by atoms with Crippen LogP contribution in [0.3, 0.4) is 0 Å². The summed E-state index contributed by atoms with van der Waals surface area (Å²) in [6.07, 6.45) is 7.56. The van der Waals surface area contributed by atoms with Gasteiger partial charge in [-0.05, 0) is 50.6 Å². The van der Waals surface area contributed by atoms with Gasteiger partial charge in [0.05, 0.1) is 19.8 Å². The molecule has 0 radical (unpaired) electrons. The molecule has 3 fully saturated rings. The van der Waals surface area contributed by atoms with Crippen LogP contribution >= 0.6 is 0 Å². The first-order chi connectivity index (χ1) is 13.6. The number of methoxy groups -OCH3 is 1. The fourth-order valence-electron chi connectivity index (χ4n) is 4.79. The number of likely N-dealkylation sites (tertiary alicyclic amines) is 2. The van der Waals surface area contributed by atoms with Crippen LogP contribution in [0.4, 0.5) is 0 Å². The largest absolute Gasteiger partial charge is 0.490 e. The van der Waals surface area contributed by atoms with Gasteiger partial charge in [0.1, 0.15) is 12.0 Å². The van der Waals surface area contributed by atoms with Crippen LogP contribution in [0.5, 0.6) is 5.75 Å². The second kappa shape index (κ2) is 8.25. The van der Waals surface area contributed by atoms with E-state index in [4.69, 9.17) is 13.9 Å². The standard InChI is InChI=1S/C21H30N2O5/c1-26-19-14-28-17(11-18(19)24)12-22-8-6-21(7-9-22)5-4-20(25)23(15-21)13-16-3-2-10-27-16/h11,14,16H,2-10,12-13,15H2,1H3/t16-/m1/s1. The van der Waals surface area contributed by atoms with Gasteiger partial charge in [-0.15, -0.1) is 0 Å². The summed E-state index contributed by atoms with van der Waals surface area (Å²) >= 11 is 0. The third kappa shape index (κ3) is 4.25. The average molecular weight is 390 g/mol. The average Bonchev–Trinajstić information content (AvgIpc) is 3.20. The molecule has 0 saturated carbocycles. The molecule has 4 rings (SSSR count). The van der Waals surface area contributed by atoms with Crippen molar-refractivity contribution < 1.29 is 18.7 Å². The molecule has 1 aromatic heterocycles. The summed E-state index contributed by atoms with van der Waals surface area (Å²) in [7, 11) is 1.47. The van der Waals surface area contributed by atoms with Crippen LogP contribution in [0, 0.1) is 5.41 Å². The zero-order valence-corrected chi connectivity index (χ0v) is 16.7. The molecule has 0 N–H and O–H groups in total. The molecule has 3 aliphatic heterocycles. The monoisotopic (exact) mass is 390 g/mol. The van der Waals surface area contributed by atoms with E-state index in [1.165, 1.54) is 19.4 Å². The zero-order chi connectivity index (χ0) is 19.6. The van der Waals surface area contributed by atoms with Gasteiger partial charge in [0.2, 0.25) is 17.1 Å². The van der Waals surface area contributed by atoms with Crippen molar-refractivity contribution in [3.05, 3.63) is 28.3 Å². The highest BCUT2D eigenvalue weighted by molar-refractivity contribution is 5.77. The van der Waals surface area contributed by atoms with Gasteiger partial charge in [-0.1, -0.05) is 0 Å². The molecule has 154 valence electrons. The highest BCUT2D eigenvalue weighted by Crippen LogP contribution is 2.40. The summed E-state index contributed by atoms with van der Waals surface area (Å²) in [4.78, 5) is 28.7. The molecule has 0 aromatic carbocycles. The zero-order valence-electron chi connectivity index (χ0n) is 16.7. The summed E-state index contributed by atoms with van der Waals surface area (Å²) < 4.78 is 16.3. The molecule has 7 heteroatoms. The van der Waals surface area contributed by atoms with E-state index in [0.29, 0.717) is 18.7 Å². The maximum atomic E-state index is 12.4. The molecular weight excluding hydrogens is 360 g/mol. The van der Waals surface area contributed by atoms with Crippen molar-refractivity contribution in [3.8, 4) is 5.75 Å². The molecule has 3 aliphatic rings. The van der Waals surface area contributed by atoms with Gasteiger partial charge in [0.15, 0.2) is 0 Å². The molecule has 0 bridgehead atoms. The van der Waals surface area contributed by atoms with Gasteiger partial charge in [-0.25, -0.2) is 0 Å². The number of hydrogen-bond donors (Lipinski definition) is 0. The maximum Gasteiger partial charge on any atom is 0.227 e. The van der Waals surface area contributed by atoms with Gasteiger partial charge in [0.25, 0.3) is 0 Å². The van der Waals surface area contributed by atoms with Crippen molar-refractivity contribution in [2.75, 3.05) is 39.9 Å². The predicted octanol–water partition coefficient (Wildman–Crippen LogP) is 2.03. The Morgan fingerprint density at radius 1 is 1.25 bits per heavy atom. The van der Waals surface area contributed by atoms with E-state index in [1.54, 1.807) is 0 Å². The number of carbonyl (C=O) groups is 1. The summed E-state index contributed by atoms with van der Waals surface area (Å²) in [5.41, 5.74) is 0.0804. The van der Waals surface area contributed by atoms with Crippen LogP contribution in [0.25, 0.3) is 0 Å². The smallest absolute Gasteiger partial charge is 0.227 e. The van der Waals surface area contributed by atoms with E-state index in [-0.39, 0.29) is 28.6 Å². The Balaban J connectivity index is 1.33. The number of amides is 1. The number of hydrogen-bond acceptors (Lipinski definition) is 6. The predicted molar refractivity (Wildman–Crippen MR) is 103 cm³/mol. The van der Waals surface area contributed by atoms with E-state index >= 15 is 0 Å². The van der Waals surface area contributed by atoms with E-state index in [9.17, 15) is 9.59 Å². The molecule has 1 amide bonds. The van der Waals surface area contributed by atoms with Gasteiger partial charge in [-0.2, -0.15) is 0 Å². The van der Waals surface area contributed by atoms with Gasteiger partial charge in [0, 0.05) is 32.2 Å². The van der Waals surface area contributed by atoms with E-state index < -0.39 is 0 Å². The Bertz CT molecular complexity index is 747. The van der Waals surface area contributed by atoms with E-state index in [1.807, 2.05) is 0 Å². The quantitative estimate of drug-likeness (QED) is 0.766. The molecule has 28 heavy (non-hydrogen) atoms. The lowest BCUT2D eigenvalue weighted by Crippen LogP contribution is -2.52. The Kier molecular flexibility index (Phi) is 5.73. The topological polar surface area (TPSA) is 72.2 Å². The van der Waals surface area contributed by atoms with Crippen LogP contribution in [-0.2, 0) is 16.1 Å². The van der Waals surface area contributed by atoms with Crippen molar-refractivity contribution in [2.45, 2.75) is 51.2 Å². The minimum Gasteiger partial charge on any atom is -0.490 e. The van der Waals surface area contributed by atoms with Crippen LogP contribution in [0.1, 0.15) is 44.3 Å². The van der Waals surface area contributed by atoms with Crippen molar-refractivity contribution in [1.29, 1.82) is 0 Å². The highest BCUT2D eigenvalue weighted by atomic mass is 16.5. The number of nitrogens with zero attached hydrogens (tertiary/aromatic N) is 2. The lowest BCUT2D eigenvalue weighted by Gasteiger charge is -2.47. The number of carbonyl (C=O) groups excluding carboxylic acids is 1. The molecule has 1 atom stereocenters. The lowest BCUT2D eigenvalue weighted by molar-refractivity contribution is -0.141. The van der Waals surface area contributed by atoms with Crippen LogP contribution in [0.2, 0.25) is 0 Å². The molecule has 0 aliphatic carbocycles. The van der Waals surface area contributed by atoms with Gasteiger partial charge in [-0.3, -0.25) is 14.5 Å². The Morgan fingerprint density at radius 2 is 2.07 bits per heavy atom. The molecule has 3 saturated heterocycles. The molecule has 0 unspecified atom stereocenters. The molecule has 1 aromatic rings. The second-order valence-corrected chi connectivity index (χ2v) is 8.46. The summed E-state index contributed by atoms with van der Waals surface area (Å²) in [5, 5.41) is 0. The van der Waals surface area contributed by atoms with Crippen molar-refractivity contribution in [2.24, 2.45) is 5.41 Å². The fourth-order valence-corrected chi connectivity index (χ4v) is 4.79. The minimum absolute atomic E-state index is 0.146. The Labute approximate surface area is 165 Å². The van der Waals surface area contributed by atoms with Crippen molar-refractivity contribution in [1.82, 2.24) is 9.80 Å². The van der Waals surface area contributed by atoms with E-state index in [2.05, 4.69) is 9.80 Å². The SMILES string of the molecule is COc1coc(CN2CCC3(CCC(=O)N(C[C@H]4CCCO4)C3)CC2)cc1=O. The molecule has 1 spiro atoms. The van der Waals surface area contributed by atoms with Crippen LogP contribution < -0.4 is 10.2 Å². The third-order valence-electron chi connectivity index (χ3n) is 6.56. The highest BCUT2D eigenvalue weighted by Gasteiger charge is 2.41. The Morgan fingerprint density at radius 3 is 2.75 bits per heavy atom. The summed E-state index contributed by atoms with van der Waals surface area (Å²) in [6, 6.07) is 1.52.